The lowest BCUT2D eigenvalue weighted by Crippen LogP contribution is -2.32. The second-order valence-electron chi connectivity index (χ2n) is 5.49. The van der Waals surface area contributed by atoms with Crippen LogP contribution in [0, 0.1) is 0 Å². The lowest BCUT2D eigenvalue weighted by atomic mass is 10.0. The van der Waals surface area contributed by atoms with E-state index >= 15 is 0 Å². The van der Waals surface area contributed by atoms with Crippen molar-refractivity contribution in [1.82, 2.24) is 10.4 Å². The van der Waals surface area contributed by atoms with Crippen LogP contribution in [0.1, 0.15) is 12.5 Å². The van der Waals surface area contributed by atoms with Gasteiger partial charge in [-0.1, -0.05) is 52.3 Å². The molecule has 3 rings (SSSR count). The Kier molecular flexibility index (Phi) is 4.43. The van der Waals surface area contributed by atoms with E-state index in [0.717, 1.165) is 16.7 Å². The van der Waals surface area contributed by atoms with Gasteiger partial charge in [-0.05, 0) is 29.3 Å². The summed E-state index contributed by atoms with van der Waals surface area (Å²) in [7, 11) is 1.83. The summed E-state index contributed by atoms with van der Waals surface area (Å²) < 4.78 is 0. The number of carbonyl (C=O) groups excluding carboxylic acids is 1. The van der Waals surface area contributed by atoms with Gasteiger partial charge in [-0.15, -0.1) is 0 Å². The lowest BCUT2D eigenvalue weighted by Gasteiger charge is -2.05. The molecular formula is C17H17BrN4O. The van der Waals surface area contributed by atoms with Gasteiger partial charge in [0.25, 0.3) is 5.91 Å². The summed E-state index contributed by atoms with van der Waals surface area (Å²) in [5.74, 6) is -0.281. The smallest absolute Gasteiger partial charge is 0.288 e. The van der Waals surface area contributed by atoms with Crippen LogP contribution in [0.3, 0.4) is 0 Å². The highest BCUT2D eigenvalue weighted by atomic mass is 79.9. The Bertz CT molecular complexity index is 815. The summed E-state index contributed by atoms with van der Waals surface area (Å²) >= 11 is 3.44. The van der Waals surface area contributed by atoms with Gasteiger partial charge in [0.2, 0.25) is 0 Å². The number of amides is 1. The molecule has 0 spiro atoms. The summed E-state index contributed by atoms with van der Waals surface area (Å²) in [6, 6.07) is 14.3. The molecule has 1 amide bonds. The van der Waals surface area contributed by atoms with E-state index in [-0.39, 0.29) is 10.7 Å². The van der Waals surface area contributed by atoms with Crippen LogP contribution in [0.15, 0.2) is 52.7 Å². The molecule has 0 bridgehead atoms. The highest BCUT2D eigenvalue weighted by Gasteiger charge is 2.27. The van der Waals surface area contributed by atoms with Crippen molar-refractivity contribution in [1.29, 1.82) is 0 Å². The molecule has 1 aliphatic heterocycles. The van der Waals surface area contributed by atoms with Gasteiger partial charge >= 0.3 is 0 Å². The second-order valence-corrected chi connectivity index (χ2v) is 6.60. The van der Waals surface area contributed by atoms with Crippen molar-refractivity contribution in [2.75, 3.05) is 13.6 Å². The molecule has 6 heteroatoms. The van der Waals surface area contributed by atoms with Gasteiger partial charge in [0.05, 0.1) is 17.1 Å². The first-order chi connectivity index (χ1) is 11.0. The average Bonchev–Trinajstić information content (AvgIpc) is 2.90. The number of benzene rings is 2. The Morgan fingerprint density at radius 3 is 2.74 bits per heavy atom. The molecule has 0 aliphatic carbocycles. The van der Waals surface area contributed by atoms with Crippen molar-refractivity contribution in [2.45, 2.75) is 11.8 Å². The zero-order valence-electron chi connectivity index (χ0n) is 13.0. The van der Waals surface area contributed by atoms with E-state index in [9.17, 15) is 4.79 Å². The summed E-state index contributed by atoms with van der Waals surface area (Å²) in [5, 5.41) is 12.4. The fourth-order valence-corrected chi connectivity index (χ4v) is 3.18. The van der Waals surface area contributed by atoms with Crippen molar-refractivity contribution in [3.05, 3.63) is 48.0 Å². The standard InChI is InChI=1S/C17H17BrN4O/c1-11(13-8-7-12-5-3-4-6-14(12)9-13)19-20-17(23)16-15(18)10-22(2)21-16/h3-9,15H,10H2,1-2H3,(H,20,23)/b19-11+. The molecule has 2 aromatic carbocycles. The Labute approximate surface area is 143 Å². The largest absolute Gasteiger partial charge is 0.298 e. The fraction of sp³-hybridized carbons (Fsp3) is 0.235. The van der Waals surface area contributed by atoms with Crippen LogP contribution in [0.2, 0.25) is 0 Å². The molecule has 1 atom stereocenters. The van der Waals surface area contributed by atoms with E-state index in [4.69, 9.17) is 0 Å². The Balaban J connectivity index is 1.76. The summed E-state index contributed by atoms with van der Waals surface area (Å²) in [5.41, 5.74) is 4.76. The molecule has 1 heterocycles. The minimum Gasteiger partial charge on any atom is -0.298 e. The number of carbonyl (C=O) groups is 1. The number of hydrogen-bond acceptors (Lipinski definition) is 4. The van der Waals surface area contributed by atoms with Gasteiger partial charge in [0.15, 0.2) is 0 Å². The maximum Gasteiger partial charge on any atom is 0.288 e. The molecule has 1 N–H and O–H groups in total. The highest BCUT2D eigenvalue weighted by Crippen LogP contribution is 2.16. The van der Waals surface area contributed by atoms with Gasteiger partial charge in [0, 0.05) is 7.05 Å². The molecular weight excluding hydrogens is 356 g/mol. The topological polar surface area (TPSA) is 57.1 Å². The molecule has 0 saturated heterocycles. The predicted molar refractivity (Wildman–Crippen MR) is 97.1 cm³/mol. The van der Waals surface area contributed by atoms with Crippen molar-refractivity contribution in [2.24, 2.45) is 10.2 Å². The normalized spacial score (nSPS) is 18.2. The second kappa shape index (κ2) is 6.50. The van der Waals surface area contributed by atoms with Crippen LogP contribution in [0.4, 0.5) is 0 Å². The number of hydrogen-bond donors (Lipinski definition) is 1. The number of alkyl halides is 1. The SMILES string of the molecule is C/C(=N\NC(=O)C1=NN(C)CC1Br)c1ccc2ccccc2c1. The summed E-state index contributed by atoms with van der Waals surface area (Å²) in [6.07, 6.45) is 0. The van der Waals surface area contributed by atoms with E-state index in [1.807, 2.05) is 32.2 Å². The minimum absolute atomic E-state index is 0.0660. The van der Waals surface area contributed by atoms with Crippen LogP contribution in [0.25, 0.3) is 10.8 Å². The number of nitrogens with one attached hydrogen (secondary N) is 1. The summed E-state index contributed by atoms with van der Waals surface area (Å²) in [6.45, 7) is 2.55. The zero-order chi connectivity index (χ0) is 16.4. The van der Waals surface area contributed by atoms with E-state index < -0.39 is 0 Å². The number of halogens is 1. The summed E-state index contributed by atoms with van der Waals surface area (Å²) in [4.78, 5) is 12.1. The Morgan fingerprint density at radius 2 is 2.04 bits per heavy atom. The lowest BCUT2D eigenvalue weighted by molar-refractivity contribution is -0.114. The molecule has 0 radical (unpaired) electrons. The van der Waals surface area contributed by atoms with Crippen LogP contribution in [0.5, 0.6) is 0 Å². The number of fused-ring (bicyclic) bond motifs is 1. The zero-order valence-corrected chi connectivity index (χ0v) is 14.5. The minimum atomic E-state index is -0.281. The molecule has 118 valence electrons. The molecule has 2 aromatic rings. The number of hydrazone groups is 2. The van der Waals surface area contributed by atoms with Gasteiger partial charge in [-0.2, -0.15) is 10.2 Å². The van der Waals surface area contributed by atoms with E-state index in [1.165, 1.54) is 5.39 Å². The molecule has 0 aromatic heterocycles. The number of rotatable bonds is 3. The Morgan fingerprint density at radius 1 is 1.30 bits per heavy atom. The molecule has 1 aliphatic rings. The predicted octanol–water partition coefficient (Wildman–Crippen LogP) is 2.74. The van der Waals surface area contributed by atoms with Crippen molar-refractivity contribution >= 4 is 44.0 Å². The first kappa shape index (κ1) is 15.7. The van der Waals surface area contributed by atoms with Crippen molar-refractivity contribution in [3.63, 3.8) is 0 Å². The van der Waals surface area contributed by atoms with Crippen LogP contribution in [-0.4, -0.2) is 40.8 Å². The highest BCUT2D eigenvalue weighted by molar-refractivity contribution is 9.10. The van der Waals surface area contributed by atoms with Crippen LogP contribution < -0.4 is 5.43 Å². The van der Waals surface area contributed by atoms with E-state index in [1.54, 1.807) is 5.01 Å². The van der Waals surface area contributed by atoms with E-state index in [2.05, 4.69) is 55.8 Å². The van der Waals surface area contributed by atoms with Crippen LogP contribution >= 0.6 is 15.9 Å². The first-order valence-electron chi connectivity index (χ1n) is 7.32. The molecule has 23 heavy (non-hydrogen) atoms. The van der Waals surface area contributed by atoms with Crippen LogP contribution in [-0.2, 0) is 4.79 Å². The fourth-order valence-electron chi connectivity index (χ4n) is 2.46. The van der Waals surface area contributed by atoms with Gasteiger partial charge in [-0.3, -0.25) is 9.80 Å². The molecule has 0 fully saturated rings. The molecule has 1 unspecified atom stereocenters. The first-order valence-corrected chi connectivity index (χ1v) is 8.23. The maximum absolute atomic E-state index is 12.1. The van der Waals surface area contributed by atoms with Gasteiger partial charge in [0.1, 0.15) is 5.71 Å². The maximum atomic E-state index is 12.1. The third-order valence-corrected chi connectivity index (χ3v) is 4.45. The quantitative estimate of drug-likeness (QED) is 0.511. The third-order valence-electron chi connectivity index (χ3n) is 3.72. The van der Waals surface area contributed by atoms with Gasteiger partial charge < -0.3 is 0 Å². The van der Waals surface area contributed by atoms with E-state index in [0.29, 0.717) is 12.3 Å². The van der Waals surface area contributed by atoms with Gasteiger partial charge in [-0.25, -0.2) is 5.43 Å². The Hall–Kier alpha value is -2.21. The number of nitrogens with zero attached hydrogens (tertiary/aromatic N) is 3. The third kappa shape index (κ3) is 3.42. The molecule has 5 nitrogen and oxygen atoms in total. The molecule has 0 saturated carbocycles. The van der Waals surface area contributed by atoms with Crippen molar-refractivity contribution < 1.29 is 4.79 Å². The average molecular weight is 373 g/mol. The monoisotopic (exact) mass is 372 g/mol. The van der Waals surface area contributed by atoms with Crippen molar-refractivity contribution in [3.8, 4) is 0 Å².